The van der Waals surface area contributed by atoms with E-state index in [-0.39, 0.29) is 0 Å². The number of hydrogen-bond acceptors (Lipinski definition) is 6. The zero-order valence-electron chi connectivity index (χ0n) is 37.8. The van der Waals surface area contributed by atoms with Crippen molar-refractivity contribution in [1.82, 2.24) is 0 Å². The van der Waals surface area contributed by atoms with Crippen LogP contribution in [0.2, 0.25) is 0 Å². The molecule has 0 unspecified atom stereocenters. The van der Waals surface area contributed by atoms with Crippen LogP contribution >= 0.6 is 0 Å². The second-order valence-corrected chi connectivity index (χ2v) is 16.8. The monoisotopic (exact) mass is 809 g/mol. The Balaban J connectivity index is 1.32. The zero-order valence-corrected chi connectivity index (χ0v) is 37.8. The minimum Gasteiger partial charge on any atom is -0.487 e. The maximum atomic E-state index is 6.34. The summed E-state index contributed by atoms with van der Waals surface area (Å²) < 4.78 is 36.8. The molecule has 0 saturated carbocycles. The number of fused-ring (bicyclic) bond motifs is 2. The van der Waals surface area contributed by atoms with Crippen LogP contribution in [0.1, 0.15) is 205 Å². The lowest BCUT2D eigenvalue weighted by molar-refractivity contribution is 0.0638. The smallest absolute Gasteiger partial charge is 0.164 e. The van der Waals surface area contributed by atoms with Crippen LogP contribution in [0.15, 0.2) is 36.4 Å². The highest BCUT2D eigenvalue weighted by molar-refractivity contribution is 5.47. The van der Waals surface area contributed by atoms with Crippen molar-refractivity contribution < 1.29 is 28.4 Å². The molecule has 0 saturated heterocycles. The summed E-state index contributed by atoms with van der Waals surface area (Å²) in [5.41, 5.74) is 2.51. The van der Waals surface area contributed by atoms with E-state index in [0.717, 1.165) is 42.3 Å². The van der Waals surface area contributed by atoms with Crippen LogP contribution in [0.3, 0.4) is 0 Å². The number of aryl methyl sites for hydroxylation is 2. The number of ether oxygens (including phenoxy) is 6. The first-order valence-corrected chi connectivity index (χ1v) is 24.7. The van der Waals surface area contributed by atoms with Gasteiger partial charge in [-0.3, -0.25) is 0 Å². The van der Waals surface area contributed by atoms with Crippen LogP contribution in [-0.4, -0.2) is 52.9 Å². The van der Waals surface area contributed by atoms with Crippen molar-refractivity contribution in [2.75, 3.05) is 52.9 Å². The Bertz CT molecular complexity index is 1210. The van der Waals surface area contributed by atoms with Gasteiger partial charge in [-0.1, -0.05) is 199 Å². The fourth-order valence-corrected chi connectivity index (χ4v) is 8.05. The number of para-hydroxylation sites is 1. The Morgan fingerprint density at radius 2 is 0.741 bits per heavy atom. The predicted octanol–water partition coefficient (Wildman–Crippen LogP) is 15.0. The third kappa shape index (κ3) is 25.2. The Hall–Kier alpha value is -2.44. The summed E-state index contributed by atoms with van der Waals surface area (Å²) in [6.07, 6.45) is 40.5. The lowest BCUT2D eigenvalue weighted by Gasteiger charge is -2.18. The van der Waals surface area contributed by atoms with Gasteiger partial charge in [0.05, 0.1) is 26.4 Å². The third-order valence-electron chi connectivity index (χ3n) is 11.6. The largest absolute Gasteiger partial charge is 0.487 e. The molecule has 2 aromatic carbocycles. The van der Waals surface area contributed by atoms with Gasteiger partial charge < -0.3 is 28.4 Å². The molecule has 6 nitrogen and oxygen atoms in total. The summed E-state index contributed by atoms with van der Waals surface area (Å²) in [4.78, 5) is 0. The second-order valence-electron chi connectivity index (χ2n) is 16.8. The van der Waals surface area contributed by atoms with Gasteiger partial charge in [0.1, 0.15) is 26.4 Å². The van der Waals surface area contributed by atoms with E-state index >= 15 is 0 Å². The summed E-state index contributed by atoms with van der Waals surface area (Å²) in [6.45, 7) is 8.35. The van der Waals surface area contributed by atoms with Gasteiger partial charge in [0.15, 0.2) is 23.0 Å². The maximum absolute atomic E-state index is 6.34. The van der Waals surface area contributed by atoms with E-state index in [1.54, 1.807) is 0 Å². The molecular formula is C52H88O6. The van der Waals surface area contributed by atoms with E-state index in [9.17, 15) is 0 Å². The zero-order chi connectivity index (χ0) is 40.8. The van der Waals surface area contributed by atoms with E-state index in [1.807, 2.05) is 6.07 Å². The molecule has 0 aromatic heterocycles. The normalized spacial score (nSPS) is 14.2. The number of unbranched alkanes of at least 4 members (excludes halogenated alkanes) is 26. The molecule has 0 aliphatic carbocycles. The fourth-order valence-electron chi connectivity index (χ4n) is 8.05. The highest BCUT2D eigenvalue weighted by atomic mass is 16.6. The van der Waals surface area contributed by atoms with Gasteiger partial charge in [-0.2, -0.15) is 0 Å². The van der Waals surface area contributed by atoms with Gasteiger partial charge in [0.25, 0.3) is 0 Å². The second kappa shape index (κ2) is 36.4. The molecule has 0 atom stereocenters. The van der Waals surface area contributed by atoms with Gasteiger partial charge in [0.2, 0.25) is 0 Å². The summed E-state index contributed by atoms with van der Waals surface area (Å²) in [7, 11) is 0. The number of benzene rings is 2. The molecule has 58 heavy (non-hydrogen) atoms. The highest BCUT2D eigenvalue weighted by Gasteiger charge is 2.13. The first-order valence-electron chi connectivity index (χ1n) is 24.7. The molecule has 1 aliphatic heterocycles. The van der Waals surface area contributed by atoms with Crippen LogP contribution in [-0.2, 0) is 22.3 Å². The van der Waals surface area contributed by atoms with Crippen molar-refractivity contribution in [3.8, 4) is 23.0 Å². The van der Waals surface area contributed by atoms with Crippen LogP contribution < -0.4 is 18.9 Å². The molecule has 0 amide bonds. The van der Waals surface area contributed by atoms with Crippen LogP contribution in [0, 0.1) is 0 Å². The summed E-state index contributed by atoms with van der Waals surface area (Å²) >= 11 is 0. The first kappa shape index (κ1) is 49.9. The van der Waals surface area contributed by atoms with Crippen molar-refractivity contribution in [2.24, 2.45) is 0 Å². The minimum absolute atomic E-state index is 0.454. The van der Waals surface area contributed by atoms with Gasteiger partial charge in [-0.15, -0.1) is 0 Å². The molecule has 0 radical (unpaired) electrons. The van der Waals surface area contributed by atoms with E-state index in [2.05, 4.69) is 44.2 Å². The van der Waals surface area contributed by atoms with Gasteiger partial charge in [-0.05, 0) is 55.0 Å². The topological polar surface area (TPSA) is 55.4 Å². The van der Waals surface area contributed by atoms with E-state index in [1.165, 1.54) is 184 Å². The molecule has 0 fully saturated rings. The number of hydrogen-bond donors (Lipinski definition) is 0. The van der Waals surface area contributed by atoms with Crippen LogP contribution in [0.5, 0.6) is 23.0 Å². The van der Waals surface area contributed by atoms with Gasteiger partial charge >= 0.3 is 0 Å². The first-order chi connectivity index (χ1) is 28.8. The Morgan fingerprint density at radius 1 is 0.345 bits per heavy atom. The molecular weight excluding hydrogens is 721 g/mol. The predicted molar refractivity (Wildman–Crippen MR) is 245 cm³/mol. The lowest BCUT2D eigenvalue weighted by Crippen LogP contribution is -2.16. The molecule has 6 heteroatoms. The standard InChI is InChI=1S/C52H88O6/c1-3-5-7-9-11-13-15-17-19-21-23-25-27-29-32-47-36-37-49-51(46-47)57-44-40-53-39-43-56-50-35-31-34-48(52(50)58-45-41-54-38-42-55-49)33-30-28-26-24-22-20-18-16-14-12-10-8-6-4-2/h31,34-37,46H,3-30,32-33,38-45H2,1-2H3. The van der Waals surface area contributed by atoms with Crippen molar-refractivity contribution in [3.63, 3.8) is 0 Å². The average molecular weight is 809 g/mol. The summed E-state index contributed by atoms with van der Waals surface area (Å²) in [5.74, 6) is 3.18. The number of rotatable bonds is 30. The fraction of sp³-hybridized carbons (Fsp3) is 0.769. The molecule has 3 rings (SSSR count). The molecule has 2 aromatic rings. The van der Waals surface area contributed by atoms with E-state index in [4.69, 9.17) is 28.4 Å². The van der Waals surface area contributed by atoms with E-state index < -0.39 is 0 Å². The van der Waals surface area contributed by atoms with Crippen molar-refractivity contribution >= 4 is 0 Å². The molecule has 0 bridgehead atoms. The average Bonchev–Trinajstić information content (AvgIpc) is 3.24. The van der Waals surface area contributed by atoms with E-state index in [0.29, 0.717) is 52.9 Å². The third-order valence-corrected chi connectivity index (χ3v) is 11.6. The quantitative estimate of drug-likeness (QED) is 0.0733. The Labute approximate surface area is 357 Å². The van der Waals surface area contributed by atoms with Gasteiger partial charge in [-0.25, -0.2) is 0 Å². The highest BCUT2D eigenvalue weighted by Crippen LogP contribution is 2.33. The summed E-state index contributed by atoms with van der Waals surface area (Å²) in [5, 5.41) is 0. The molecule has 332 valence electrons. The lowest BCUT2D eigenvalue weighted by atomic mass is 10.0. The maximum Gasteiger partial charge on any atom is 0.164 e. The van der Waals surface area contributed by atoms with Crippen molar-refractivity contribution in [3.05, 3.63) is 47.5 Å². The molecule has 1 heterocycles. The minimum atomic E-state index is 0.454. The van der Waals surface area contributed by atoms with Crippen LogP contribution in [0.25, 0.3) is 0 Å². The Morgan fingerprint density at radius 3 is 1.22 bits per heavy atom. The summed E-state index contributed by atoms with van der Waals surface area (Å²) in [6, 6.07) is 12.7. The SMILES string of the molecule is CCCCCCCCCCCCCCCCc1ccc2c(c1)OCCOCCOc1cccc(CCCCCCCCCCCCCCCC)c1OCCOCCO2. The van der Waals surface area contributed by atoms with Crippen molar-refractivity contribution in [2.45, 2.75) is 206 Å². The van der Waals surface area contributed by atoms with Crippen molar-refractivity contribution in [1.29, 1.82) is 0 Å². The van der Waals surface area contributed by atoms with Gasteiger partial charge in [0, 0.05) is 0 Å². The van der Waals surface area contributed by atoms with Crippen LogP contribution in [0.4, 0.5) is 0 Å². The Kier molecular flexibility index (Phi) is 31.3. The molecule has 1 aliphatic rings. The molecule has 0 spiro atoms. The molecule has 0 N–H and O–H groups in total.